The van der Waals surface area contributed by atoms with Crippen molar-refractivity contribution in [3.63, 3.8) is 0 Å². The van der Waals surface area contributed by atoms with E-state index in [2.05, 4.69) is 0 Å². The number of aryl methyl sites for hydroxylation is 2. The highest BCUT2D eigenvalue weighted by molar-refractivity contribution is 5.93. The van der Waals surface area contributed by atoms with Crippen molar-refractivity contribution >= 4 is 11.9 Å². The number of amides is 1. The predicted molar refractivity (Wildman–Crippen MR) is 107 cm³/mol. The summed E-state index contributed by atoms with van der Waals surface area (Å²) < 4.78 is 21.2. The van der Waals surface area contributed by atoms with E-state index in [1.807, 2.05) is 23.6 Å². The van der Waals surface area contributed by atoms with Crippen LogP contribution in [0.1, 0.15) is 28.0 Å². The summed E-state index contributed by atoms with van der Waals surface area (Å²) in [7, 11) is 1.40. The Morgan fingerprint density at radius 1 is 1.14 bits per heavy atom. The highest BCUT2D eigenvalue weighted by atomic mass is 19.1. The number of aliphatic carboxylic acids is 1. The molecular formula is C22H21FN2O4. The van der Waals surface area contributed by atoms with Gasteiger partial charge in [-0.05, 0) is 67.4 Å². The third-order valence-corrected chi connectivity index (χ3v) is 4.73. The summed E-state index contributed by atoms with van der Waals surface area (Å²) in [5.74, 6) is -1.79. The number of carbonyl (C=O) groups is 2. The van der Waals surface area contributed by atoms with E-state index in [0.29, 0.717) is 23.2 Å². The molecule has 0 spiro atoms. The number of methoxy groups -OCH3 is 1. The average molecular weight is 396 g/mol. The molecule has 0 radical (unpaired) electrons. The van der Waals surface area contributed by atoms with Crippen LogP contribution in [0.3, 0.4) is 0 Å². The van der Waals surface area contributed by atoms with Crippen molar-refractivity contribution in [3.8, 4) is 22.7 Å². The number of carboxylic acids is 1. The Hall–Kier alpha value is -3.61. The molecule has 0 aliphatic rings. The molecule has 0 fully saturated rings. The number of halogens is 1. The quantitative estimate of drug-likeness (QED) is 0.636. The van der Waals surface area contributed by atoms with Gasteiger partial charge in [0.25, 0.3) is 0 Å². The Morgan fingerprint density at radius 2 is 1.90 bits per heavy atom. The Labute approximate surface area is 167 Å². The largest absolute Gasteiger partial charge is 0.494 e. The summed E-state index contributed by atoms with van der Waals surface area (Å²) in [6, 6.07) is 13.3. The maximum absolute atomic E-state index is 14.3. The van der Waals surface area contributed by atoms with Crippen LogP contribution in [-0.2, 0) is 11.2 Å². The molecule has 0 aliphatic heterocycles. The Balaban J connectivity index is 2.17. The average Bonchev–Trinajstić information content (AvgIpc) is 3.09. The SMILES string of the molecule is COc1ccc(-c2ccc(CCC(=O)O)n2-c2ccc(C(N)=O)cc2C)cc1F. The van der Waals surface area contributed by atoms with E-state index in [9.17, 15) is 14.0 Å². The smallest absolute Gasteiger partial charge is 0.303 e. The van der Waals surface area contributed by atoms with Gasteiger partial charge in [-0.25, -0.2) is 4.39 Å². The van der Waals surface area contributed by atoms with Gasteiger partial charge < -0.3 is 20.1 Å². The van der Waals surface area contributed by atoms with Crippen LogP contribution in [0.5, 0.6) is 5.75 Å². The van der Waals surface area contributed by atoms with Crippen molar-refractivity contribution in [2.24, 2.45) is 5.73 Å². The van der Waals surface area contributed by atoms with Crippen molar-refractivity contribution in [1.82, 2.24) is 4.57 Å². The van der Waals surface area contributed by atoms with Gasteiger partial charge in [-0.2, -0.15) is 0 Å². The molecule has 0 saturated carbocycles. The van der Waals surface area contributed by atoms with Crippen LogP contribution in [-0.4, -0.2) is 28.7 Å². The van der Waals surface area contributed by atoms with Crippen molar-refractivity contribution in [2.75, 3.05) is 7.11 Å². The molecule has 3 N–H and O–H groups in total. The lowest BCUT2D eigenvalue weighted by molar-refractivity contribution is -0.136. The molecule has 0 saturated heterocycles. The Bertz CT molecular complexity index is 1090. The summed E-state index contributed by atoms with van der Waals surface area (Å²) in [5.41, 5.74) is 9.35. The van der Waals surface area contributed by atoms with E-state index in [0.717, 1.165) is 16.9 Å². The number of aromatic nitrogens is 1. The molecule has 0 bridgehead atoms. The normalized spacial score (nSPS) is 10.7. The molecule has 0 unspecified atom stereocenters. The van der Waals surface area contributed by atoms with E-state index in [1.54, 1.807) is 30.3 Å². The molecule has 1 aromatic heterocycles. The van der Waals surface area contributed by atoms with Gasteiger partial charge in [0.05, 0.1) is 19.2 Å². The van der Waals surface area contributed by atoms with Crippen molar-refractivity contribution in [1.29, 1.82) is 0 Å². The van der Waals surface area contributed by atoms with Gasteiger partial charge in [0, 0.05) is 22.5 Å². The highest BCUT2D eigenvalue weighted by Crippen LogP contribution is 2.31. The molecule has 0 aliphatic carbocycles. The van der Waals surface area contributed by atoms with Gasteiger partial charge in [-0.15, -0.1) is 0 Å². The number of nitrogens with zero attached hydrogens (tertiary/aromatic N) is 1. The van der Waals surface area contributed by atoms with E-state index in [1.165, 1.54) is 13.2 Å². The second kappa shape index (κ2) is 8.18. The van der Waals surface area contributed by atoms with Gasteiger partial charge in [0.15, 0.2) is 11.6 Å². The van der Waals surface area contributed by atoms with Crippen molar-refractivity contribution < 1.29 is 23.8 Å². The lowest BCUT2D eigenvalue weighted by Crippen LogP contribution is -2.12. The van der Waals surface area contributed by atoms with Crippen LogP contribution < -0.4 is 10.5 Å². The fourth-order valence-corrected chi connectivity index (χ4v) is 3.30. The summed E-state index contributed by atoms with van der Waals surface area (Å²) in [4.78, 5) is 22.6. The minimum Gasteiger partial charge on any atom is -0.494 e. The highest BCUT2D eigenvalue weighted by Gasteiger charge is 2.17. The van der Waals surface area contributed by atoms with Crippen LogP contribution in [0.4, 0.5) is 4.39 Å². The predicted octanol–water partition coefficient (Wildman–Crippen LogP) is 3.72. The van der Waals surface area contributed by atoms with Crippen molar-refractivity contribution in [3.05, 3.63) is 71.2 Å². The number of carboxylic acid groups (broad SMARTS) is 1. The minimum atomic E-state index is -0.907. The third kappa shape index (κ3) is 4.13. The van der Waals surface area contributed by atoms with Crippen LogP contribution in [0.2, 0.25) is 0 Å². The molecule has 6 nitrogen and oxygen atoms in total. The number of ether oxygens (including phenoxy) is 1. The van der Waals surface area contributed by atoms with Crippen LogP contribution in [0, 0.1) is 12.7 Å². The molecule has 0 atom stereocenters. The zero-order chi connectivity index (χ0) is 21.1. The number of hydrogen-bond donors (Lipinski definition) is 2. The molecule has 1 amide bonds. The number of hydrogen-bond acceptors (Lipinski definition) is 3. The van der Waals surface area contributed by atoms with E-state index in [4.69, 9.17) is 15.6 Å². The Kier molecular flexibility index (Phi) is 5.68. The fraction of sp³-hybridized carbons (Fsp3) is 0.182. The summed E-state index contributed by atoms with van der Waals surface area (Å²) in [6.45, 7) is 1.83. The van der Waals surface area contributed by atoms with Gasteiger partial charge in [-0.3, -0.25) is 9.59 Å². The van der Waals surface area contributed by atoms with Crippen LogP contribution in [0.15, 0.2) is 48.5 Å². The van der Waals surface area contributed by atoms with Crippen LogP contribution >= 0.6 is 0 Å². The zero-order valence-electron chi connectivity index (χ0n) is 16.1. The fourth-order valence-electron chi connectivity index (χ4n) is 3.30. The third-order valence-electron chi connectivity index (χ3n) is 4.73. The molecule has 2 aromatic carbocycles. The van der Waals surface area contributed by atoms with Gasteiger partial charge in [-0.1, -0.05) is 0 Å². The molecule has 3 aromatic rings. The van der Waals surface area contributed by atoms with E-state index in [-0.39, 0.29) is 12.2 Å². The molecule has 3 rings (SSSR count). The molecular weight excluding hydrogens is 375 g/mol. The van der Waals surface area contributed by atoms with E-state index < -0.39 is 17.7 Å². The first-order valence-electron chi connectivity index (χ1n) is 8.99. The number of nitrogens with two attached hydrogens (primary N) is 1. The lowest BCUT2D eigenvalue weighted by Gasteiger charge is -2.17. The number of carbonyl (C=O) groups excluding carboxylic acids is 1. The first-order valence-corrected chi connectivity index (χ1v) is 8.99. The van der Waals surface area contributed by atoms with E-state index >= 15 is 0 Å². The maximum atomic E-state index is 14.3. The number of primary amides is 1. The first-order chi connectivity index (χ1) is 13.8. The molecule has 150 valence electrons. The monoisotopic (exact) mass is 396 g/mol. The maximum Gasteiger partial charge on any atom is 0.303 e. The second-order valence-corrected chi connectivity index (χ2v) is 6.65. The zero-order valence-corrected chi connectivity index (χ0v) is 16.1. The van der Waals surface area contributed by atoms with Gasteiger partial charge in [0.1, 0.15) is 0 Å². The topological polar surface area (TPSA) is 94.6 Å². The summed E-state index contributed by atoms with van der Waals surface area (Å²) >= 11 is 0. The standard InChI is InChI=1S/C22H21FN2O4/c1-13-11-15(22(24)28)3-7-18(13)25-16(6-10-21(26)27)5-8-19(25)14-4-9-20(29-2)17(23)12-14/h3-5,7-9,11-12H,6,10H2,1-2H3,(H2,24,28)(H,26,27). The number of rotatable bonds is 7. The molecule has 1 heterocycles. The van der Waals surface area contributed by atoms with Crippen molar-refractivity contribution in [2.45, 2.75) is 19.8 Å². The molecule has 7 heteroatoms. The Morgan fingerprint density at radius 3 is 2.48 bits per heavy atom. The number of benzene rings is 2. The minimum absolute atomic E-state index is 0.0428. The molecule has 29 heavy (non-hydrogen) atoms. The van der Waals surface area contributed by atoms with Crippen LogP contribution in [0.25, 0.3) is 16.9 Å². The lowest BCUT2D eigenvalue weighted by atomic mass is 10.1. The summed E-state index contributed by atoms with van der Waals surface area (Å²) in [5, 5.41) is 9.08. The summed E-state index contributed by atoms with van der Waals surface area (Å²) in [6.07, 6.45) is 0.254. The van der Waals surface area contributed by atoms with Gasteiger partial charge in [0.2, 0.25) is 5.91 Å². The second-order valence-electron chi connectivity index (χ2n) is 6.65. The van der Waals surface area contributed by atoms with Gasteiger partial charge >= 0.3 is 5.97 Å². The first kappa shape index (κ1) is 20.1.